The van der Waals surface area contributed by atoms with Crippen LogP contribution < -0.4 is 10.6 Å². The van der Waals surface area contributed by atoms with E-state index in [1.807, 2.05) is 18.2 Å². The Labute approximate surface area is 164 Å². The molecule has 3 rings (SSSR count). The van der Waals surface area contributed by atoms with Crippen molar-refractivity contribution in [1.29, 1.82) is 0 Å². The summed E-state index contributed by atoms with van der Waals surface area (Å²) in [5.41, 5.74) is 2.21. The van der Waals surface area contributed by atoms with Crippen LogP contribution in [0.3, 0.4) is 0 Å². The zero-order valence-electron chi connectivity index (χ0n) is 15.4. The van der Waals surface area contributed by atoms with Crippen LogP contribution in [0, 0.1) is 0 Å². The largest absolute Gasteiger partial charge is 0.349 e. The molecule has 0 radical (unpaired) electrons. The first-order chi connectivity index (χ1) is 13.0. The van der Waals surface area contributed by atoms with Gasteiger partial charge in [-0.05, 0) is 54.8 Å². The summed E-state index contributed by atoms with van der Waals surface area (Å²) in [5.74, 6) is -0.0575. The number of carbonyl (C=O) groups excluding carboxylic acids is 2. The first-order valence-corrected chi connectivity index (χ1v) is 9.56. The average Bonchev–Trinajstić information content (AvgIpc) is 3.15. The molecule has 0 bridgehead atoms. The van der Waals surface area contributed by atoms with Crippen molar-refractivity contribution in [2.75, 3.05) is 12.4 Å². The lowest BCUT2D eigenvalue weighted by Gasteiger charge is -2.18. The van der Waals surface area contributed by atoms with E-state index in [1.54, 1.807) is 42.3 Å². The minimum absolute atomic E-state index is 0.0575. The molecule has 0 aromatic heterocycles. The van der Waals surface area contributed by atoms with Crippen LogP contribution >= 0.6 is 11.6 Å². The number of nitrogens with zero attached hydrogens (tertiary/aromatic N) is 1. The van der Waals surface area contributed by atoms with Crippen LogP contribution in [-0.2, 0) is 6.54 Å². The van der Waals surface area contributed by atoms with Crippen molar-refractivity contribution in [1.82, 2.24) is 10.2 Å². The molecule has 2 N–H and O–H groups in total. The number of benzene rings is 2. The molecular weight excluding hydrogens is 362 g/mol. The number of urea groups is 1. The Morgan fingerprint density at radius 3 is 2.48 bits per heavy atom. The summed E-state index contributed by atoms with van der Waals surface area (Å²) in [4.78, 5) is 26.2. The molecule has 27 heavy (non-hydrogen) atoms. The van der Waals surface area contributed by atoms with Gasteiger partial charge in [0.1, 0.15) is 0 Å². The minimum Gasteiger partial charge on any atom is -0.349 e. The Hall–Kier alpha value is -2.53. The molecule has 0 saturated heterocycles. The summed E-state index contributed by atoms with van der Waals surface area (Å²) in [6.45, 7) is 0.453. The van der Waals surface area contributed by atoms with Crippen molar-refractivity contribution in [3.63, 3.8) is 0 Å². The molecular formula is C21H24ClN3O2. The van der Waals surface area contributed by atoms with Gasteiger partial charge in [0, 0.05) is 35.9 Å². The lowest BCUT2D eigenvalue weighted by Crippen LogP contribution is -2.32. The highest BCUT2D eigenvalue weighted by Gasteiger charge is 2.18. The van der Waals surface area contributed by atoms with Gasteiger partial charge >= 0.3 is 6.03 Å². The average molecular weight is 386 g/mol. The van der Waals surface area contributed by atoms with E-state index in [2.05, 4.69) is 10.6 Å². The number of hydrogen-bond donors (Lipinski definition) is 2. The van der Waals surface area contributed by atoms with Gasteiger partial charge in [-0.25, -0.2) is 4.79 Å². The number of nitrogens with one attached hydrogen (secondary N) is 2. The van der Waals surface area contributed by atoms with Gasteiger partial charge in [-0.3, -0.25) is 4.79 Å². The first-order valence-electron chi connectivity index (χ1n) is 9.19. The lowest BCUT2D eigenvalue weighted by atomic mass is 10.1. The fourth-order valence-corrected chi connectivity index (χ4v) is 3.46. The van der Waals surface area contributed by atoms with E-state index in [-0.39, 0.29) is 18.0 Å². The highest BCUT2D eigenvalue weighted by Crippen LogP contribution is 2.19. The van der Waals surface area contributed by atoms with Gasteiger partial charge in [0.25, 0.3) is 5.91 Å². The van der Waals surface area contributed by atoms with Gasteiger partial charge in [-0.2, -0.15) is 0 Å². The maximum Gasteiger partial charge on any atom is 0.321 e. The smallest absolute Gasteiger partial charge is 0.321 e. The molecule has 0 unspecified atom stereocenters. The summed E-state index contributed by atoms with van der Waals surface area (Å²) >= 11 is 5.98. The minimum atomic E-state index is -0.224. The van der Waals surface area contributed by atoms with Gasteiger partial charge in [0.15, 0.2) is 0 Å². The highest BCUT2D eigenvalue weighted by atomic mass is 35.5. The Balaban J connectivity index is 1.53. The third-order valence-electron chi connectivity index (χ3n) is 4.74. The van der Waals surface area contributed by atoms with Crippen LogP contribution in [-0.4, -0.2) is 29.9 Å². The van der Waals surface area contributed by atoms with Crippen molar-refractivity contribution in [2.24, 2.45) is 0 Å². The lowest BCUT2D eigenvalue weighted by molar-refractivity contribution is 0.0938. The van der Waals surface area contributed by atoms with Gasteiger partial charge in [-0.15, -0.1) is 0 Å². The maximum absolute atomic E-state index is 12.4. The maximum atomic E-state index is 12.4. The Morgan fingerprint density at radius 2 is 1.81 bits per heavy atom. The van der Waals surface area contributed by atoms with E-state index in [1.165, 1.54) is 12.8 Å². The van der Waals surface area contributed by atoms with E-state index in [9.17, 15) is 9.59 Å². The van der Waals surface area contributed by atoms with E-state index < -0.39 is 0 Å². The fourth-order valence-electron chi connectivity index (χ4n) is 3.24. The number of amides is 3. The Kier molecular flexibility index (Phi) is 6.35. The third kappa shape index (κ3) is 5.47. The molecule has 1 fully saturated rings. The Morgan fingerprint density at radius 1 is 1.11 bits per heavy atom. The molecule has 3 amide bonds. The van der Waals surface area contributed by atoms with E-state index in [0.717, 1.165) is 18.4 Å². The van der Waals surface area contributed by atoms with Gasteiger partial charge in [-0.1, -0.05) is 36.6 Å². The number of anilines is 1. The summed E-state index contributed by atoms with van der Waals surface area (Å²) in [6, 6.07) is 14.4. The van der Waals surface area contributed by atoms with E-state index in [4.69, 9.17) is 11.6 Å². The third-order valence-corrected chi connectivity index (χ3v) is 4.98. The standard InChI is InChI=1S/C21H24ClN3O2/c1-25(14-15-5-4-6-17(22)13-15)21(27)24-19-11-9-16(10-12-19)20(26)23-18-7-2-3-8-18/h4-6,9-13,18H,2-3,7-8,14H2,1H3,(H,23,26)(H,24,27). The molecule has 0 heterocycles. The van der Waals surface area contributed by atoms with Crippen molar-refractivity contribution in [2.45, 2.75) is 38.3 Å². The first kappa shape index (κ1) is 19.2. The van der Waals surface area contributed by atoms with Crippen LogP contribution in [0.25, 0.3) is 0 Å². The quantitative estimate of drug-likeness (QED) is 0.785. The topological polar surface area (TPSA) is 61.4 Å². The monoisotopic (exact) mass is 385 g/mol. The normalized spacial score (nSPS) is 14.0. The molecule has 2 aromatic rings. The Bertz CT molecular complexity index is 801. The zero-order chi connectivity index (χ0) is 19.2. The molecule has 6 heteroatoms. The number of rotatable bonds is 5. The second-order valence-corrected chi connectivity index (χ2v) is 7.38. The summed E-state index contributed by atoms with van der Waals surface area (Å²) < 4.78 is 0. The second-order valence-electron chi connectivity index (χ2n) is 6.95. The van der Waals surface area contributed by atoms with Gasteiger partial charge < -0.3 is 15.5 Å². The number of halogens is 1. The van der Waals surface area contributed by atoms with Crippen molar-refractivity contribution >= 4 is 29.2 Å². The molecule has 2 aromatic carbocycles. The summed E-state index contributed by atoms with van der Waals surface area (Å²) in [7, 11) is 1.72. The second kappa shape index (κ2) is 8.91. The van der Waals surface area contributed by atoms with Crippen molar-refractivity contribution in [3.8, 4) is 0 Å². The predicted molar refractivity (Wildman–Crippen MR) is 108 cm³/mol. The van der Waals surface area contributed by atoms with Crippen molar-refractivity contribution < 1.29 is 9.59 Å². The highest BCUT2D eigenvalue weighted by molar-refractivity contribution is 6.30. The molecule has 1 aliphatic rings. The van der Waals surface area contributed by atoms with Crippen LogP contribution in [0.2, 0.25) is 5.02 Å². The van der Waals surface area contributed by atoms with Crippen molar-refractivity contribution in [3.05, 3.63) is 64.7 Å². The van der Waals surface area contributed by atoms with E-state index >= 15 is 0 Å². The number of carbonyl (C=O) groups is 2. The number of hydrogen-bond acceptors (Lipinski definition) is 2. The van der Waals surface area contributed by atoms with Crippen LogP contribution in [0.15, 0.2) is 48.5 Å². The molecule has 0 atom stereocenters. The van der Waals surface area contributed by atoms with Gasteiger partial charge in [0.2, 0.25) is 0 Å². The van der Waals surface area contributed by atoms with Crippen LogP contribution in [0.4, 0.5) is 10.5 Å². The zero-order valence-corrected chi connectivity index (χ0v) is 16.1. The molecule has 1 saturated carbocycles. The summed E-state index contributed by atoms with van der Waals surface area (Å²) in [6.07, 6.45) is 4.47. The predicted octanol–water partition coefficient (Wildman–Crippen LogP) is 4.68. The summed E-state index contributed by atoms with van der Waals surface area (Å²) in [5, 5.41) is 6.54. The molecule has 0 aliphatic heterocycles. The van der Waals surface area contributed by atoms with E-state index in [0.29, 0.717) is 22.8 Å². The molecule has 5 nitrogen and oxygen atoms in total. The SMILES string of the molecule is CN(Cc1cccc(Cl)c1)C(=O)Nc1ccc(C(=O)NC2CCCC2)cc1. The van der Waals surface area contributed by atoms with Gasteiger partial charge in [0.05, 0.1) is 0 Å². The molecule has 0 spiro atoms. The molecule has 1 aliphatic carbocycles. The fraction of sp³-hybridized carbons (Fsp3) is 0.333. The van der Waals surface area contributed by atoms with Crippen LogP contribution in [0.5, 0.6) is 0 Å². The molecule has 142 valence electrons. The van der Waals surface area contributed by atoms with Crippen LogP contribution in [0.1, 0.15) is 41.6 Å².